The Balaban J connectivity index is 3.05. The van der Waals surface area contributed by atoms with Crippen LogP contribution in [0.25, 0.3) is 0 Å². The summed E-state index contributed by atoms with van der Waals surface area (Å²) in [5, 5.41) is 8.56. The number of hydrogen-bond donors (Lipinski definition) is 1. The van der Waals surface area contributed by atoms with Crippen molar-refractivity contribution in [1.82, 2.24) is 0 Å². The Bertz CT molecular complexity index is 322. The number of carboxylic acids is 1. The summed E-state index contributed by atoms with van der Waals surface area (Å²) in [5.74, 6) is -0.674. The van der Waals surface area contributed by atoms with Gasteiger partial charge in [-0.2, -0.15) is 0 Å². The normalized spacial score (nSPS) is 11.4. The van der Waals surface area contributed by atoms with Gasteiger partial charge in [0.1, 0.15) is 0 Å². The Morgan fingerprint density at radius 1 is 0.556 bits per heavy atom. The van der Waals surface area contributed by atoms with Crippen LogP contribution in [-0.4, -0.2) is 11.1 Å². The van der Waals surface area contributed by atoms with Gasteiger partial charge in [0.15, 0.2) is 0 Å². The van der Waals surface area contributed by atoms with Crippen LogP contribution in [0.1, 0.15) is 142 Å². The maximum atomic E-state index is 10.4. The second-order valence-electron chi connectivity index (χ2n) is 8.20. The average molecular weight is 381 g/mol. The summed E-state index contributed by atoms with van der Waals surface area (Å²) in [5.41, 5.74) is 0. The van der Waals surface area contributed by atoms with E-state index in [2.05, 4.69) is 19.1 Å². The number of hydrogen-bond acceptors (Lipinski definition) is 1. The fourth-order valence-corrected chi connectivity index (χ4v) is 3.58. The first-order valence-corrected chi connectivity index (χ1v) is 12.1. The van der Waals surface area contributed by atoms with Crippen LogP contribution >= 0.6 is 0 Å². The van der Waals surface area contributed by atoms with Crippen molar-refractivity contribution in [2.45, 2.75) is 142 Å². The van der Waals surface area contributed by atoms with E-state index in [1.165, 1.54) is 109 Å². The molecule has 0 bridgehead atoms. The highest BCUT2D eigenvalue weighted by molar-refractivity contribution is 5.66. The largest absolute Gasteiger partial charge is 0.481 e. The van der Waals surface area contributed by atoms with E-state index in [1.54, 1.807) is 0 Å². The molecule has 0 spiro atoms. The fourth-order valence-electron chi connectivity index (χ4n) is 3.58. The standard InChI is InChI=1S/C25H48O2/c1-2-3-4-5-6-7-8-9-10-11-12-13-14-15-16-17-18-19-20-21-22-23-24-25(26)27/h19-20H,2-18,21-24H2,1H3,(H,26,27). The maximum Gasteiger partial charge on any atom is 0.303 e. The molecule has 0 aromatic rings. The molecule has 0 amide bonds. The first kappa shape index (κ1) is 26.2. The van der Waals surface area contributed by atoms with Gasteiger partial charge in [-0.3, -0.25) is 4.79 Å². The minimum absolute atomic E-state index is 0.312. The lowest BCUT2D eigenvalue weighted by Gasteiger charge is -2.03. The third-order valence-corrected chi connectivity index (χ3v) is 5.40. The number of rotatable bonds is 22. The van der Waals surface area contributed by atoms with Crippen LogP contribution in [0.4, 0.5) is 0 Å². The van der Waals surface area contributed by atoms with Gasteiger partial charge < -0.3 is 5.11 Å². The zero-order valence-corrected chi connectivity index (χ0v) is 18.4. The Hall–Kier alpha value is -0.790. The minimum atomic E-state index is -0.674. The number of unbranched alkanes of at least 4 members (excludes halogenated alkanes) is 18. The Morgan fingerprint density at radius 3 is 1.26 bits per heavy atom. The summed E-state index contributed by atoms with van der Waals surface area (Å²) in [4.78, 5) is 10.4. The molecular formula is C25H48O2. The Morgan fingerprint density at radius 2 is 0.889 bits per heavy atom. The van der Waals surface area contributed by atoms with E-state index in [0.29, 0.717) is 6.42 Å². The number of allylic oxidation sites excluding steroid dienone is 2. The molecule has 0 fully saturated rings. The quantitative estimate of drug-likeness (QED) is 0.150. The molecule has 0 aromatic heterocycles. The lowest BCUT2D eigenvalue weighted by atomic mass is 10.0. The second kappa shape index (κ2) is 23.2. The second-order valence-corrected chi connectivity index (χ2v) is 8.20. The molecule has 160 valence electrons. The van der Waals surface area contributed by atoms with E-state index < -0.39 is 5.97 Å². The van der Waals surface area contributed by atoms with Crippen LogP contribution < -0.4 is 0 Å². The van der Waals surface area contributed by atoms with Gasteiger partial charge in [-0.25, -0.2) is 0 Å². The van der Waals surface area contributed by atoms with Gasteiger partial charge in [0, 0.05) is 6.42 Å². The molecule has 0 aromatic carbocycles. The van der Waals surface area contributed by atoms with Gasteiger partial charge in [-0.1, -0.05) is 115 Å². The van der Waals surface area contributed by atoms with Crippen LogP contribution in [0.2, 0.25) is 0 Å². The van der Waals surface area contributed by atoms with Crippen LogP contribution in [0.15, 0.2) is 12.2 Å². The van der Waals surface area contributed by atoms with E-state index in [0.717, 1.165) is 19.3 Å². The van der Waals surface area contributed by atoms with Crippen LogP contribution in [0, 0.1) is 0 Å². The van der Waals surface area contributed by atoms with Crippen molar-refractivity contribution in [3.8, 4) is 0 Å². The van der Waals surface area contributed by atoms with Crippen molar-refractivity contribution in [3.63, 3.8) is 0 Å². The van der Waals surface area contributed by atoms with Crippen molar-refractivity contribution in [2.75, 3.05) is 0 Å². The molecule has 0 saturated carbocycles. The van der Waals surface area contributed by atoms with Gasteiger partial charge >= 0.3 is 5.97 Å². The number of carbonyl (C=O) groups is 1. The highest BCUT2D eigenvalue weighted by Crippen LogP contribution is 2.14. The molecule has 0 unspecified atom stereocenters. The molecule has 0 aliphatic rings. The molecule has 0 atom stereocenters. The zero-order valence-electron chi connectivity index (χ0n) is 18.4. The number of carboxylic acid groups (broad SMARTS) is 1. The van der Waals surface area contributed by atoms with Gasteiger partial charge in [-0.15, -0.1) is 0 Å². The van der Waals surface area contributed by atoms with Gasteiger partial charge in [0.05, 0.1) is 0 Å². The maximum absolute atomic E-state index is 10.4. The number of aliphatic carboxylic acids is 1. The van der Waals surface area contributed by atoms with Gasteiger partial charge in [0.2, 0.25) is 0 Å². The smallest absolute Gasteiger partial charge is 0.303 e. The van der Waals surface area contributed by atoms with Crippen molar-refractivity contribution in [1.29, 1.82) is 0 Å². The molecule has 2 heteroatoms. The predicted molar refractivity (Wildman–Crippen MR) is 119 cm³/mol. The summed E-state index contributed by atoms with van der Waals surface area (Å²) < 4.78 is 0. The molecule has 0 heterocycles. The van der Waals surface area contributed by atoms with E-state index in [-0.39, 0.29) is 0 Å². The summed E-state index contributed by atoms with van der Waals surface area (Å²) in [6, 6.07) is 0. The van der Waals surface area contributed by atoms with Crippen molar-refractivity contribution < 1.29 is 9.90 Å². The highest BCUT2D eigenvalue weighted by atomic mass is 16.4. The Kier molecular flexibility index (Phi) is 22.6. The molecule has 0 saturated heterocycles. The monoisotopic (exact) mass is 380 g/mol. The van der Waals surface area contributed by atoms with Crippen molar-refractivity contribution in [2.24, 2.45) is 0 Å². The highest BCUT2D eigenvalue weighted by Gasteiger charge is 1.95. The van der Waals surface area contributed by atoms with Crippen molar-refractivity contribution >= 4 is 5.97 Å². The molecule has 0 radical (unpaired) electrons. The van der Waals surface area contributed by atoms with E-state index in [4.69, 9.17) is 5.11 Å². The molecule has 0 rings (SSSR count). The van der Waals surface area contributed by atoms with Gasteiger partial charge in [0.25, 0.3) is 0 Å². The summed E-state index contributed by atoms with van der Waals surface area (Å²) >= 11 is 0. The fraction of sp³-hybridized carbons (Fsp3) is 0.880. The first-order chi connectivity index (χ1) is 13.3. The summed E-state index contributed by atoms with van der Waals surface area (Å²) in [6.07, 6.45) is 31.6. The van der Waals surface area contributed by atoms with Crippen molar-refractivity contribution in [3.05, 3.63) is 12.2 Å². The lowest BCUT2D eigenvalue weighted by Crippen LogP contribution is -1.92. The minimum Gasteiger partial charge on any atom is -0.481 e. The van der Waals surface area contributed by atoms with Crippen LogP contribution in [-0.2, 0) is 4.79 Å². The predicted octanol–water partition coefficient (Wildman–Crippen LogP) is 8.84. The molecule has 1 N–H and O–H groups in total. The Labute approximate surface area is 170 Å². The zero-order chi connectivity index (χ0) is 19.8. The van der Waals surface area contributed by atoms with E-state index in [1.807, 2.05) is 0 Å². The topological polar surface area (TPSA) is 37.3 Å². The van der Waals surface area contributed by atoms with Gasteiger partial charge in [-0.05, 0) is 32.1 Å². The third-order valence-electron chi connectivity index (χ3n) is 5.40. The van der Waals surface area contributed by atoms with E-state index in [9.17, 15) is 4.79 Å². The summed E-state index contributed by atoms with van der Waals surface area (Å²) in [6.45, 7) is 2.29. The van der Waals surface area contributed by atoms with Crippen LogP contribution in [0.3, 0.4) is 0 Å². The van der Waals surface area contributed by atoms with E-state index >= 15 is 0 Å². The first-order valence-electron chi connectivity index (χ1n) is 12.1. The summed E-state index contributed by atoms with van der Waals surface area (Å²) in [7, 11) is 0. The lowest BCUT2D eigenvalue weighted by molar-refractivity contribution is -0.137. The third kappa shape index (κ3) is 25.2. The molecule has 2 nitrogen and oxygen atoms in total. The molecule has 0 aliphatic heterocycles. The molecular weight excluding hydrogens is 332 g/mol. The average Bonchev–Trinajstić information content (AvgIpc) is 2.65. The molecule has 27 heavy (non-hydrogen) atoms. The SMILES string of the molecule is CCCCCCCCCCCCCCCCCCC=CCCCCC(=O)O. The van der Waals surface area contributed by atoms with Crippen LogP contribution in [0.5, 0.6) is 0 Å². The molecule has 0 aliphatic carbocycles.